The predicted molar refractivity (Wildman–Crippen MR) is 88.2 cm³/mol. The second-order valence-corrected chi connectivity index (χ2v) is 7.12. The van der Waals surface area contributed by atoms with E-state index in [9.17, 15) is 9.59 Å². The average Bonchev–Trinajstić information content (AvgIpc) is 3.33. The molecule has 2 atom stereocenters. The number of carboxylic acids is 1. The van der Waals surface area contributed by atoms with Crippen LogP contribution in [0.25, 0.3) is 0 Å². The summed E-state index contributed by atoms with van der Waals surface area (Å²) in [5.74, 6) is -0.864. The molecule has 0 bridgehead atoms. The number of benzene rings is 1. The number of carbonyl (C=O) groups is 2. The Labute approximate surface area is 143 Å². The van der Waals surface area contributed by atoms with Crippen molar-refractivity contribution in [1.82, 2.24) is 4.90 Å². The molecule has 0 aromatic heterocycles. The first-order chi connectivity index (χ1) is 11.1. The molecule has 1 saturated heterocycles. The first-order valence-electron chi connectivity index (χ1n) is 7.91. The number of halogens is 1. The van der Waals surface area contributed by atoms with Crippen LogP contribution in [0.2, 0.25) is 0 Å². The molecule has 1 amide bonds. The van der Waals surface area contributed by atoms with Crippen LogP contribution in [0.15, 0.2) is 28.7 Å². The van der Waals surface area contributed by atoms with Gasteiger partial charge in [0.15, 0.2) is 0 Å². The van der Waals surface area contributed by atoms with E-state index in [4.69, 9.17) is 9.84 Å². The van der Waals surface area contributed by atoms with Gasteiger partial charge in [-0.05, 0) is 42.9 Å². The number of nitrogens with zero attached hydrogens (tertiary/aromatic N) is 1. The van der Waals surface area contributed by atoms with Gasteiger partial charge in [0.05, 0.1) is 0 Å². The van der Waals surface area contributed by atoms with Crippen LogP contribution in [-0.2, 0) is 14.3 Å². The Morgan fingerprint density at radius 2 is 2.04 bits per heavy atom. The van der Waals surface area contributed by atoms with E-state index in [-0.39, 0.29) is 30.3 Å². The molecule has 124 valence electrons. The summed E-state index contributed by atoms with van der Waals surface area (Å²) in [7, 11) is 0. The van der Waals surface area contributed by atoms with Gasteiger partial charge in [-0.25, -0.2) is 0 Å². The number of hydrogen-bond acceptors (Lipinski definition) is 3. The number of aliphatic carboxylic acids is 1. The van der Waals surface area contributed by atoms with E-state index in [2.05, 4.69) is 15.9 Å². The van der Waals surface area contributed by atoms with Crippen LogP contribution in [0.1, 0.15) is 30.7 Å². The second-order valence-electron chi connectivity index (χ2n) is 6.21. The normalized spacial score (nSPS) is 24.2. The number of ether oxygens (including phenoxy) is 1. The van der Waals surface area contributed by atoms with E-state index in [1.54, 1.807) is 4.90 Å². The monoisotopic (exact) mass is 381 g/mol. The van der Waals surface area contributed by atoms with Gasteiger partial charge >= 0.3 is 5.97 Å². The van der Waals surface area contributed by atoms with Crippen molar-refractivity contribution in [2.75, 3.05) is 19.8 Å². The van der Waals surface area contributed by atoms with E-state index in [1.807, 2.05) is 24.3 Å². The molecule has 1 N–H and O–H groups in total. The first kappa shape index (κ1) is 16.5. The van der Waals surface area contributed by atoms with E-state index >= 15 is 0 Å². The van der Waals surface area contributed by atoms with Crippen LogP contribution >= 0.6 is 15.9 Å². The Bertz CT molecular complexity index is 600. The molecule has 1 aromatic carbocycles. The maximum Gasteiger partial charge on any atom is 0.323 e. The number of amides is 1. The lowest BCUT2D eigenvalue weighted by Gasteiger charge is -2.33. The molecule has 23 heavy (non-hydrogen) atoms. The molecule has 1 saturated carbocycles. The van der Waals surface area contributed by atoms with Gasteiger partial charge in [0.1, 0.15) is 6.54 Å². The van der Waals surface area contributed by atoms with Crippen LogP contribution in [-0.4, -0.2) is 47.7 Å². The number of carbonyl (C=O) groups excluding carboxylic acids is 1. The smallest absolute Gasteiger partial charge is 0.323 e. The van der Waals surface area contributed by atoms with Crippen molar-refractivity contribution in [3.63, 3.8) is 0 Å². The summed E-state index contributed by atoms with van der Waals surface area (Å²) < 4.78 is 6.32. The minimum Gasteiger partial charge on any atom is -0.480 e. The summed E-state index contributed by atoms with van der Waals surface area (Å²) >= 11 is 3.45. The highest BCUT2D eigenvalue weighted by Crippen LogP contribution is 2.49. The van der Waals surface area contributed by atoms with Crippen molar-refractivity contribution in [1.29, 1.82) is 0 Å². The first-order valence-corrected chi connectivity index (χ1v) is 8.71. The second kappa shape index (κ2) is 7.01. The van der Waals surface area contributed by atoms with Crippen molar-refractivity contribution < 1.29 is 19.4 Å². The van der Waals surface area contributed by atoms with Gasteiger partial charge < -0.3 is 14.7 Å². The Hall–Kier alpha value is -1.40. The zero-order valence-corrected chi connectivity index (χ0v) is 14.4. The standard InChI is InChI=1S/C17H20BrNO4/c18-12-3-1-2-11(8-12)14-9-15(14)17(22)19(10-16(20)21)13-4-6-23-7-5-13/h1-3,8,13-15H,4-7,9-10H2,(H,20,21)/t14-,15-/m0/s1. The van der Waals surface area contributed by atoms with Crippen molar-refractivity contribution in [2.45, 2.75) is 31.2 Å². The Morgan fingerprint density at radius 3 is 2.70 bits per heavy atom. The lowest BCUT2D eigenvalue weighted by Crippen LogP contribution is -2.46. The highest BCUT2D eigenvalue weighted by molar-refractivity contribution is 9.10. The maximum atomic E-state index is 12.8. The molecule has 0 spiro atoms. The van der Waals surface area contributed by atoms with Gasteiger partial charge in [-0.2, -0.15) is 0 Å². The Kier molecular flexibility index (Phi) is 5.02. The van der Waals surface area contributed by atoms with Crippen LogP contribution in [0.3, 0.4) is 0 Å². The molecule has 1 aromatic rings. The molecule has 0 unspecified atom stereocenters. The fourth-order valence-electron chi connectivity index (χ4n) is 3.32. The number of carboxylic acid groups (broad SMARTS) is 1. The van der Waals surface area contributed by atoms with Crippen LogP contribution in [0.5, 0.6) is 0 Å². The Morgan fingerprint density at radius 1 is 1.30 bits per heavy atom. The molecule has 2 fully saturated rings. The van der Waals surface area contributed by atoms with Gasteiger partial charge in [0.25, 0.3) is 0 Å². The summed E-state index contributed by atoms with van der Waals surface area (Å²) in [6.45, 7) is 0.965. The summed E-state index contributed by atoms with van der Waals surface area (Å²) in [6.07, 6.45) is 2.23. The highest BCUT2D eigenvalue weighted by Gasteiger charge is 2.47. The zero-order chi connectivity index (χ0) is 16.4. The summed E-state index contributed by atoms with van der Waals surface area (Å²) in [6, 6.07) is 7.97. The van der Waals surface area contributed by atoms with E-state index in [0.29, 0.717) is 26.1 Å². The molecule has 1 aliphatic heterocycles. The average molecular weight is 382 g/mol. The summed E-state index contributed by atoms with van der Waals surface area (Å²) in [5, 5.41) is 9.15. The molecular weight excluding hydrogens is 362 g/mol. The minimum atomic E-state index is -0.954. The molecule has 1 aliphatic carbocycles. The third kappa shape index (κ3) is 3.93. The van der Waals surface area contributed by atoms with Gasteiger partial charge in [0.2, 0.25) is 5.91 Å². The molecule has 5 nitrogen and oxygen atoms in total. The van der Waals surface area contributed by atoms with Gasteiger partial charge in [0, 0.05) is 29.6 Å². The largest absolute Gasteiger partial charge is 0.480 e. The molecule has 0 radical (unpaired) electrons. The summed E-state index contributed by atoms with van der Waals surface area (Å²) in [5.41, 5.74) is 1.14. The minimum absolute atomic E-state index is 0.0175. The lowest BCUT2D eigenvalue weighted by atomic mass is 10.0. The SMILES string of the molecule is O=C(O)CN(C(=O)[C@H]1C[C@H]1c1cccc(Br)c1)C1CCOCC1. The summed E-state index contributed by atoms with van der Waals surface area (Å²) in [4.78, 5) is 25.5. The lowest BCUT2D eigenvalue weighted by molar-refractivity contribution is -0.148. The predicted octanol–water partition coefficient (Wildman–Crippen LogP) is 2.64. The topological polar surface area (TPSA) is 66.8 Å². The van der Waals surface area contributed by atoms with Gasteiger partial charge in [-0.1, -0.05) is 28.1 Å². The third-order valence-electron chi connectivity index (χ3n) is 4.60. The van der Waals surface area contributed by atoms with Crippen LogP contribution in [0, 0.1) is 5.92 Å². The van der Waals surface area contributed by atoms with E-state index in [0.717, 1.165) is 16.5 Å². The number of hydrogen-bond donors (Lipinski definition) is 1. The van der Waals surface area contributed by atoms with E-state index < -0.39 is 5.97 Å². The van der Waals surface area contributed by atoms with Crippen LogP contribution < -0.4 is 0 Å². The maximum absolute atomic E-state index is 12.8. The molecule has 6 heteroatoms. The fourth-order valence-corrected chi connectivity index (χ4v) is 3.73. The molecule has 2 aliphatic rings. The molecule has 1 heterocycles. The van der Waals surface area contributed by atoms with Crippen molar-refractivity contribution in [3.8, 4) is 0 Å². The number of rotatable bonds is 5. The van der Waals surface area contributed by atoms with Crippen LogP contribution in [0.4, 0.5) is 0 Å². The highest BCUT2D eigenvalue weighted by atomic mass is 79.9. The Balaban J connectivity index is 1.70. The molecule has 3 rings (SSSR count). The quantitative estimate of drug-likeness (QED) is 0.851. The van der Waals surface area contributed by atoms with Gasteiger partial charge in [-0.15, -0.1) is 0 Å². The van der Waals surface area contributed by atoms with E-state index in [1.165, 1.54) is 0 Å². The third-order valence-corrected chi connectivity index (χ3v) is 5.10. The van der Waals surface area contributed by atoms with Crippen molar-refractivity contribution in [2.24, 2.45) is 5.92 Å². The van der Waals surface area contributed by atoms with Crippen molar-refractivity contribution in [3.05, 3.63) is 34.3 Å². The van der Waals surface area contributed by atoms with Crippen molar-refractivity contribution >= 4 is 27.8 Å². The fraction of sp³-hybridized carbons (Fsp3) is 0.529. The zero-order valence-electron chi connectivity index (χ0n) is 12.8. The van der Waals surface area contributed by atoms with Gasteiger partial charge in [-0.3, -0.25) is 9.59 Å². The molecular formula is C17H20BrNO4.